The minimum absolute atomic E-state index is 0.579. The Balaban J connectivity index is 2.51. The quantitative estimate of drug-likeness (QED) is 0.693. The van der Waals surface area contributed by atoms with E-state index < -0.39 is 0 Å². The van der Waals surface area contributed by atoms with Crippen molar-refractivity contribution >= 4 is 12.6 Å². The van der Waals surface area contributed by atoms with Crippen LogP contribution < -0.4 is 0 Å². The van der Waals surface area contributed by atoms with E-state index in [9.17, 15) is 0 Å². The first-order chi connectivity index (χ1) is 5.33. The van der Waals surface area contributed by atoms with Gasteiger partial charge >= 0.3 is 0 Å². The lowest BCUT2D eigenvalue weighted by Gasteiger charge is -2.04. The molecule has 11 heavy (non-hydrogen) atoms. The van der Waals surface area contributed by atoms with Crippen LogP contribution in [0.5, 0.6) is 0 Å². The molecule has 0 spiro atoms. The van der Waals surface area contributed by atoms with E-state index in [1.165, 1.54) is 0 Å². The summed E-state index contributed by atoms with van der Waals surface area (Å²) in [5.41, 5.74) is 1.05. The Morgan fingerprint density at radius 2 is 2.36 bits per heavy atom. The third kappa shape index (κ3) is 2.89. The van der Waals surface area contributed by atoms with Crippen LogP contribution in [0.15, 0.2) is 18.6 Å². The number of aromatic nitrogens is 2. The molecule has 1 aromatic rings. The Hall–Kier alpha value is -0.570. The van der Waals surface area contributed by atoms with Crippen LogP contribution in [-0.4, -0.2) is 15.7 Å². The predicted molar refractivity (Wildman–Crippen MR) is 48.8 cm³/mol. The highest BCUT2D eigenvalue weighted by Gasteiger charge is 2.01. The maximum Gasteiger partial charge on any atom is 0.0589 e. The monoisotopic (exact) mass is 168 g/mol. The van der Waals surface area contributed by atoms with E-state index in [1.54, 1.807) is 18.6 Å². The molecule has 1 heterocycles. The van der Waals surface area contributed by atoms with Gasteiger partial charge in [-0.15, -0.1) is 0 Å². The molecule has 0 aliphatic heterocycles. The standard InChI is InChI=1S/C8H12N2S/c1-7(6-11)4-8-5-9-2-3-10-8/h2-3,5,7,11H,4,6H2,1H3. The van der Waals surface area contributed by atoms with Gasteiger partial charge in [0.05, 0.1) is 5.69 Å². The summed E-state index contributed by atoms with van der Waals surface area (Å²) < 4.78 is 0. The molecule has 0 aliphatic carbocycles. The molecule has 0 amide bonds. The smallest absolute Gasteiger partial charge is 0.0589 e. The molecule has 0 aliphatic rings. The Morgan fingerprint density at radius 1 is 1.55 bits per heavy atom. The Kier molecular flexibility index (Phi) is 3.36. The first-order valence-electron chi connectivity index (χ1n) is 3.68. The van der Waals surface area contributed by atoms with E-state index in [2.05, 4.69) is 29.5 Å². The zero-order valence-electron chi connectivity index (χ0n) is 6.57. The fraction of sp³-hybridized carbons (Fsp3) is 0.500. The topological polar surface area (TPSA) is 25.8 Å². The van der Waals surface area contributed by atoms with Crippen molar-refractivity contribution in [3.05, 3.63) is 24.3 Å². The molecule has 0 bridgehead atoms. The van der Waals surface area contributed by atoms with E-state index in [0.717, 1.165) is 17.9 Å². The van der Waals surface area contributed by atoms with E-state index >= 15 is 0 Å². The van der Waals surface area contributed by atoms with Gasteiger partial charge in [0.2, 0.25) is 0 Å². The van der Waals surface area contributed by atoms with Crippen molar-refractivity contribution in [3.8, 4) is 0 Å². The van der Waals surface area contributed by atoms with Crippen LogP contribution in [0, 0.1) is 5.92 Å². The summed E-state index contributed by atoms with van der Waals surface area (Å²) in [6.07, 6.45) is 6.19. The molecule has 3 heteroatoms. The molecule has 0 N–H and O–H groups in total. The van der Waals surface area contributed by atoms with E-state index in [-0.39, 0.29) is 0 Å². The molecule has 0 fully saturated rings. The Morgan fingerprint density at radius 3 is 2.91 bits per heavy atom. The first-order valence-corrected chi connectivity index (χ1v) is 4.32. The lowest BCUT2D eigenvalue weighted by Crippen LogP contribution is -2.02. The van der Waals surface area contributed by atoms with E-state index in [1.807, 2.05) is 0 Å². The second-order valence-corrected chi connectivity index (χ2v) is 3.05. The van der Waals surface area contributed by atoms with Crippen molar-refractivity contribution in [1.29, 1.82) is 0 Å². The normalized spacial score (nSPS) is 12.9. The Bertz CT molecular complexity index is 201. The van der Waals surface area contributed by atoms with E-state index in [0.29, 0.717) is 5.92 Å². The zero-order chi connectivity index (χ0) is 8.10. The maximum atomic E-state index is 4.20. The predicted octanol–water partition coefficient (Wildman–Crippen LogP) is 1.58. The highest BCUT2D eigenvalue weighted by Crippen LogP contribution is 2.05. The van der Waals surface area contributed by atoms with Crippen molar-refractivity contribution in [1.82, 2.24) is 9.97 Å². The van der Waals surface area contributed by atoms with Crippen LogP contribution in [0.4, 0.5) is 0 Å². The molecule has 0 aromatic carbocycles. The summed E-state index contributed by atoms with van der Waals surface area (Å²) in [6.45, 7) is 2.15. The molecular weight excluding hydrogens is 156 g/mol. The lowest BCUT2D eigenvalue weighted by atomic mass is 10.1. The van der Waals surface area contributed by atoms with Crippen LogP contribution in [-0.2, 0) is 6.42 Å². The molecule has 2 nitrogen and oxygen atoms in total. The number of thiol groups is 1. The average Bonchev–Trinajstić information content (AvgIpc) is 2.06. The van der Waals surface area contributed by atoms with Crippen molar-refractivity contribution < 1.29 is 0 Å². The Labute approximate surface area is 72.5 Å². The number of nitrogens with zero attached hydrogens (tertiary/aromatic N) is 2. The molecule has 1 aromatic heterocycles. The van der Waals surface area contributed by atoms with Gasteiger partial charge in [-0.1, -0.05) is 6.92 Å². The summed E-state index contributed by atoms with van der Waals surface area (Å²) >= 11 is 4.20. The van der Waals surface area contributed by atoms with Gasteiger partial charge in [-0.05, 0) is 18.1 Å². The van der Waals surface area contributed by atoms with Crippen LogP contribution in [0.1, 0.15) is 12.6 Å². The van der Waals surface area contributed by atoms with Crippen molar-refractivity contribution in [2.45, 2.75) is 13.3 Å². The first kappa shape index (κ1) is 8.53. The largest absolute Gasteiger partial charge is 0.261 e. The van der Waals surface area contributed by atoms with Crippen molar-refractivity contribution in [2.75, 3.05) is 5.75 Å². The minimum atomic E-state index is 0.579. The summed E-state index contributed by atoms with van der Waals surface area (Å²) in [4.78, 5) is 8.15. The summed E-state index contributed by atoms with van der Waals surface area (Å²) in [5.74, 6) is 1.48. The minimum Gasteiger partial charge on any atom is -0.261 e. The van der Waals surface area contributed by atoms with Gasteiger partial charge in [-0.3, -0.25) is 9.97 Å². The molecular formula is C8H12N2S. The molecule has 0 saturated carbocycles. The van der Waals surface area contributed by atoms with E-state index in [4.69, 9.17) is 0 Å². The molecule has 0 saturated heterocycles. The molecule has 1 unspecified atom stereocenters. The number of hydrogen-bond acceptors (Lipinski definition) is 3. The summed E-state index contributed by atoms with van der Waals surface area (Å²) in [6, 6.07) is 0. The fourth-order valence-corrected chi connectivity index (χ4v) is 0.986. The summed E-state index contributed by atoms with van der Waals surface area (Å²) in [7, 11) is 0. The zero-order valence-corrected chi connectivity index (χ0v) is 7.46. The maximum absolute atomic E-state index is 4.20. The molecule has 1 rings (SSSR count). The second kappa shape index (κ2) is 4.34. The third-order valence-corrected chi connectivity index (χ3v) is 2.11. The van der Waals surface area contributed by atoms with Gasteiger partial charge < -0.3 is 0 Å². The highest BCUT2D eigenvalue weighted by atomic mass is 32.1. The second-order valence-electron chi connectivity index (χ2n) is 2.69. The van der Waals surface area contributed by atoms with Gasteiger partial charge in [-0.25, -0.2) is 0 Å². The molecule has 0 radical (unpaired) electrons. The van der Waals surface area contributed by atoms with Crippen LogP contribution in [0.25, 0.3) is 0 Å². The molecule has 1 atom stereocenters. The van der Waals surface area contributed by atoms with Crippen molar-refractivity contribution in [2.24, 2.45) is 5.92 Å². The number of rotatable bonds is 3. The fourth-order valence-electron chi connectivity index (χ4n) is 0.857. The highest BCUT2D eigenvalue weighted by molar-refractivity contribution is 7.80. The van der Waals surface area contributed by atoms with Gasteiger partial charge in [0.1, 0.15) is 0 Å². The van der Waals surface area contributed by atoms with Gasteiger partial charge in [0, 0.05) is 18.6 Å². The summed E-state index contributed by atoms with van der Waals surface area (Å²) in [5, 5.41) is 0. The van der Waals surface area contributed by atoms with Crippen LogP contribution in [0.3, 0.4) is 0 Å². The van der Waals surface area contributed by atoms with Gasteiger partial charge in [-0.2, -0.15) is 12.6 Å². The van der Waals surface area contributed by atoms with Crippen LogP contribution in [0.2, 0.25) is 0 Å². The number of hydrogen-bond donors (Lipinski definition) is 1. The lowest BCUT2D eigenvalue weighted by molar-refractivity contribution is 0.645. The van der Waals surface area contributed by atoms with Crippen LogP contribution >= 0.6 is 12.6 Å². The van der Waals surface area contributed by atoms with Gasteiger partial charge in [0.25, 0.3) is 0 Å². The third-order valence-electron chi connectivity index (χ3n) is 1.49. The average molecular weight is 168 g/mol. The SMILES string of the molecule is CC(CS)Cc1cnccn1. The molecule has 60 valence electrons. The van der Waals surface area contributed by atoms with Gasteiger partial charge in [0.15, 0.2) is 0 Å². The van der Waals surface area contributed by atoms with Crippen molar-refractivity contribution in [3.63, 3.8) is 0 Å².